The molecule has 0 saturated carbocycles. The Morgan fingerprint density at radius 2 is 0.960 bits per heavy atom. The first-order valence-electron chi connectivity index (χ1n) is 33.8. The zero-order valence-electron chi connectivity index (χ0n) is 56.7. The average Bonchev–Trinajstić information content (AvgIpc) is 1.80. The third-order valence-corrected chi connectivity index (χ3v) is 17.4. The number of esters is 5. The Morgan fingerprint density at radius 3 is 1.46 bits per heavy atom. The van der Waals surface area contributed by atoms with Crippen LogP contribution in [0.1, 0.15) is 135 Å². The average molecular weight is 1400 g/mol. The van der Waals surface area contributed by atoms with E-state index in [2.05, 4.69) is 82.3 Å². The maximum Gasteiger partial charge on any atom is 0.343 e. The highest BCUT2D eigenvalue weighted by Gasteiger charge is 2.20. The van der Waals surface area contributed by atoms with Gasteiger partial charge in [0.2, 0.25) is 10.3 Å². The van der Waals surface area contributed by atoms with E-state index in [-0.39, 0.29) is 11.5 Å². The van der Waals surface area contributed by atoms with E-state index in [0.29, 0.717) is 101 Å². The summed E-state index contributed by atoms with van der Waals surface area (Å²) in [5.74, 6) is 0.706. The first-order valence-corrected chi connectivity index (χ1v) is 35.5. The molecular weight excluding hydrogens is 1320 g/mol. The number of nitrogens with zero attached hydrogens (tertiary/aromatic N) is 4. The van der Waals surface area contributed by atoms with Crippen molar-refractivity contribution in [2.75, 3.05) is 43.9 Å². The molecule has 19 nitrogen and oxygen atoms in total. The number of ether oxygens (including phenoxy) is 8. The Labute approximate surface area is 596 Å². The molecule has 9 aromatic rings. The van der Waals surface area contributed by atoms with Gasteiger partial charge in [0.05, 0.1) is 82.8 Å². The van der Waals surface area contributed by atoms with Gasteiger partial charge in [-0.25, -0.2) is 33.9 Å². The smallest absolute Gasteiger partial charge is 0.343 e. The van der Waals surface area contributed by atoms with E-state index in [1.54, 1.807) is 85.1 Å². The second-order valence-corrected chi connectivity index (χ2v) is 25.2. The first kappa shape index (κ1) is 74.2. The second-order valence-electron chi connectivity index (χ2n) is 23.1. The van der Waals surface area contributed by atoms with Crippen LogP contribution in [0.2, 0.25) is 0 Å². The molecule has 0 fully saturated rings. The zero-order chi connectivity index (χ0) is 70.8. The molecule has 2 N–H and O–H groups in total. The van der Waals surface area contributed by atoms with Crippen LogP contribution in [-0.4, -0.2) is 85.3 Å². The zero-order valence-corrected chi connectivity index (χ0v) is 58.4. The maximum absolute atomic E-state index is 13.2. The summed E-state index contributed by atoms with van der Waals surface area (Å²) in [6, 6.07) is 48.2. The molecule has 1 aliphatic rings. The van der Waals surface area contributed by atoms with E-state index in [1.807, 2.05) is 66.7 Å². The van der Waals surface area contributed by atoms with Crippen molar-refractivity contribution in [3.8, 4) is 39.9 Å². The number of aromatic nitrogens is 2. The van der Waals surface area contributed by atoms with Crippen LogP contribution < -0.4 is 34.5 Å². The summed E-state index contributed by atoms with van der Waals surface area (Å²) >= 11 is 2.96. The van der Waals surface area contributed by atoms with Gasteiger partial charge in [-0.05, 0) is 203 Å². The molecule has 0 unspecified atom stereocenters. The number of fused-ring (bicyclic) bond motifs is 2. The normalized spacial score (nSPS) is 11.8. The fourth-order valence-corrected chi connectivity index (χ4v) is 11.7. The van der Waals surface area contributed by atoms with Crippen molar-refractivity contribution in [1.82, 2.24) is 9.97 Å². The van der Waals surface area contributed by atoms with Crippen LogP contribution in [0.3, 0.4) is 0 Å². The van der Waals surface area contributed by atoms with Crippen LogP contribution in [0.15, 0.2) is 217 Å². The van der Waals surface area contributed by atoms with E-state index in [4.69, 9.17) is 37.9 Å². The molecule has 522 valence electrons. The van der Waals surface area contributed by atoms with Crippen molar-refractivity contribution in [2.45, 2.75) is 104 Å². The van der Waals surface area contributed by atoms with Gasteiger partial charge in [-0.3, -0.25) is 10.9 Å². The molecule has 10 rings (SSSR count). The number of unbranched alkanes of at least 4 members (excludes halogenated alkanes) is 7. The monoisotopic (exact) mass is 1400 g/mol. The molecule has 0 atom stereocenters. The molecule has 0 saturated heterocycles. The fraction of sp³-hybridized carbons (Fsp3) is 0.263. The van der Waals surface area contributed by atoms with Crippen molar-refractivity contribution in [1.29, 1.82) is 0 Å². The minimum Gasteiger partial charge on any atom is -0.498 e. The van der Waals surface area contributed by atoms with Crippen LogP contribution >= 0.6 is 22.7 Å². The quantitative estimate of drug-likeness (QED) is 0.00920. The van der Waals surface area contributed by atoms with Crippen LogP contribution in [0.5, 0.6) is 28.7 Å². The maximum atomic E-state index is 13.2. The molecule has 2 heterocycles. The summed E-state index contributed by atoms with van der Waals surface area (Å²) in [5.41, 5.74) is 13.4. The minimum atomic E-state index is -0.580. The standard InChI is InChI=1S/C41H43N3O8S.C39H39N3O5S/c1-3-5-24-48-32-18-14-29(15-19-32)39(46)51-34-22-23-36(31(27-34)28-42-44-41-43-35-12-8-9-13-37(35)53-41)52-40(47)30-16-20-33(21-17-30)49-25-10-6-7-11-26-50-38(45)4-2;1-3-11-28-14-16-29(17-15-28)31-20-23-35(32(26-31)27-40-42-39-41-34-12-7-8-13-36(34)48-39)47-38(44)30-18-21-33(22-19-30)45-24-9-5-6-10-25-46-37(43)4-2/h4,8-9,12-14,16-18,20-23,27-28H,2-3,5-7,10-11,15,19,24-26H2,1H3,(H,43,44);4,7-8,12-23,26-27H,2-3,5-6,9-11,24-25H2,1H3,(H,41,42)/b42-28+;40-27+. The van der Waals surface area contributed by atoms with Crippen molar-refractivity contribution in [2.24, 2.45) is 10.2 Å². The molecule has 0 radical (unpaired) electrons. The lowest BCUT2D eigenvalue weighted by atomic mass is 10.0. The highest BCUT2D eigenvalue weighted by Crippen LogP contribution is 2.32. The van der Waals surface area contributed by atoms with Crippen LogP contribution in [0.25, 0.3) is 31.6 Å². The summed E-state index contributed by atoms with van der Waals surface area (Å²) in [4.78, 5) is 70.7. The summed E-state index contributed by atoms with van der Waals surface area (Å²) < 4.78 is 46.9. The Balaban J connectivity index is 0.000000236. The molecule has 21 heteroatoms. The van der Waals surface area contributed by atoms with Gasteiger partial charge in [-0.1, -0.05) is 117 Å². The molecule has 0 bridgehead atoms. The third-order valence-electron chi connectivity index (χ3n) is 15.5. The lowest BCUT2D eigenvalue weighted by Crippen LogP contribution is -2.14. The number of carbonyl (C=O) groups is 5. The molecule has 101 heavy (non-hydrogen) atoms. The van der Waals surface area contributed by atoms with E-state index < -0.39 is 29.8 Å². The molecule has 1 aliphatic carbocycles. The number of benzene rings is 7. The number of nitrogens with one attached hydrogen (secondary N) is 2. The van der Waals surface area contributed by atoms with Gasteiger partial charge in [-0.15, -0.1) is 0 Å². The van der Waals surface area contributed by atoms with E-state index in [0.717, 1.165) is 120 Å². The largest absolute Gasteiger partial charge is 0.498 e. The topological polar surface area (TPSA) is 234 Å². The molecule has 0 amide bonds. The fourth-order valence-electron chi connectivity index (χ4n) is 10.1. The van der Waals surface area contributed by atoms with Crippen LogP contribution in [0.4, 0.5) is 10.3 Å². The van der Waals surface area contributed by atoms with Crippen molar-refractivity contribution in [3.05, 3.63) is 234 Å². The Morgan fingerprint density at radius 1 is 0.475 bits per heavy atom. The van der Waals surface area contributed by atoms with Gasteiger partial charge in [0.15, 0.2) is 0 Å². The number of hydrogen-bond donors (Lipinski definition) is 2. The second kappa shape index (κ2) is 40.1. The SMILES string of the molecule is C=CC(=O)OCCCCCCOc1ccc(C(=O)Oc2ccc(-c3ccc(CCC)cc3)cc2/C=N/Nc2nc3ccccc3s2)cc1.C=CC(=O)OCCCCCCOc1ccc(C(=O)Oc2ccc(OC(=O)C3=CC=C(OCCCC)CC3)cc2/C=N/Nc2nc3ccccc3s2)cc1. The third kappa shape index (κ3) is 24.1. The number of para-hydroxylation sites is 2. The van der Waals surface area contributed by atoms with E-state index in [9.17, 15) is 24.0 Å². The highest BCUT2D eigenvalue weighted by atomic mass is 32.1. The van der Waals surface area contributed by atoms with Gasteiger partial charge in [0, 0.05) is 35.3 Å². The Kier molecular flexibility index (Phi) is 29.5. The summed E-state index contributed by atoms with van der Waals surface area (Å²) in [7, 11) is 0. The van der Waals surface area contributed by atoms with Crippen molar-refractivity contribution in [3.63, 3.8) is 0 Å². The van der Waals surface area contributed by atoms with Crippen LogP contribution in [-0.2, 0) is 35.0 Å². The number of allylic oxidation sites excluding steroid dienone is 3. The first-order chi connectivity index (χ1) is 49.4. The summed E-state index contributed by atoms with van der Waals surface area (Å²) in [5, 5.41) is 10.0. The molecular formula is C80H82N6O13S2. The lowest BCUT2D eigenvalue weighted by Gasteiger charge is -2.15. The minimum absolute atomic E-state index is 0.220. The number of hydrazone groups is 2. The number of aryl methyl sites for hydroxylation is 1. The van der Waals surface area contributed by atoms with Gasteiger partial charge >= 0.3 is 29.8 Å². The van der Waals surface area contributed by atoms with E-state index in [1.165, 1.54) is 40.5 Å². The predicted molar refractivity (Wildman–Crippen MR) is 399 cm³/mol. The Bertz CT molecular complexity index is 4300. The number of hydrogen-bond acceptors (Lipinski definition) is 21. The van der Waals surface area contributed by atoms with Crippen LogP contribution in [0, 0.1) is 0 Å². The van der Waals surface area contributed by atoms with Gasteiger partial charge in [0.1, 0.15) is 28.7 Å². The summed E-state index contributed by atoms with van der Waals surface area (Å²) in [6.45, 7) is 13.5. The summed E-state index contributed by atoms with van der Waals surface area (Å²) in [6.07, 6.45) is 21.3. The number of carbonyl (C=O) groups excluding carboxylic acids is 5. The number of thiazole rings is 2. The molecule has 7 aromatic carbocycles. The van der Waals surface area contributed by atoms with Gasteiger partial charge in [-0.2, -0.15) is 10.2 Å². The number of rotatable bonds is 37. The molecule has 0 spiro atoms. The highest BCUT2D eigenvalue weighted by molar-refractivity contribution is 7.22. The van der Waals surface area contributed by atoms with Gasteiger partial charge in [0.25, 0.3) is 0 Å². The van der Waals surface area contributed by atoms with E-state index >= 15 is 0 Å². The van der Waals surface area contributed by atoms with Crippen molar-refractivity contribution < 1.29 is 61.9 Å². The lowest BCUT2D eigenvalue weighted by molar-refractivity contribution is -0.138. The molecule has 0 aliphatic heterocycles. The number of anilines is 2. The predicted octanol–water partition coefficient (Wildman–Crippen LogP) is 18.2. The molecule has 2 aromatic heterocycles. The Hall–Kier alpha value is -11.0. The van der Waals surface area contributed by atoms with Gasteiger partial charge < -0.3 is 37.9 Å². The van der Waals surface area contributed by atoms with Crippen molar-refractivity contribution >= 4 is 95.6 Å².